The minimum Gasteiger partial charge on any atom is -0.354 e. The van der Waals surface area contributed by atoms with Crippen molar-refractivity contribution in [1.29, 1.82) is 0 Å². The number of alkyl halides is 3. The number of anilines is 1. The standard InChI is InChI=1S/C10H10F3N5/c1-2-15-9-16-7(10(11,12)13)5-8(17-9)18-4-3-14-6-18/h3-6H,2H2,1H3,(H,15,16,17). The molecule has 2 aromatic heterocycles. The lowest BCUT2D eigenvalue weighted by atomic mass is 10.4. The zero-order valence-electron chi connectivity index (χ0n) is 9.44. The lowest BCUT2D eigenvalue weighted by molar-refractivity contribution is -0.141. The highest BCUT2D eigenvalue weighted by molar-refractivity contribution is 5.36. The highest BCUT2D eigenvalue weighted by atomic mass is 19.4. The Bertz CT molecular complexity index is 521. The molecule has 0 radical (unpaired) electrons. The number of aromatic nitrogens is 4. The number of nitrogens with one attached hydrogen (secondary N) is 1. The molecule has 0 spiro atoms. The van der Waals surface area contributed by atoms with Gasteiger partial charge in [-0.3, -0.25) is 4.57 Å². The van der Waals surface area contributed by atoms with E-state index in [1.165, 1.54) is 23.3 Å². The van der Waals surface area contributed by atoms with E-state index in [2.05, 4.69) is 20.3 Å². The van der Waals surface area contributed by atoms with Gasteiger partial charge in [-0.15, -0.1) is 0 Å². The zero-order valence-corrected chi connectivity index (χ0v) is 9.44. The summed E-state index contributed by atoms with van der Waals surface area (Å²) in [6, 6.07) is 0.878. The summed E-state index contributed by atoms with van der Waals surface area (Å²) in [4.78, 5) is 11.2. The van der Waals surface area contributed by atoms with Gasteiger partial charge in [0, 0.05) is 25.0 Å². The van der Waals surface area contributed by atoms with E-state index < -0.39 is 11.9 Å². The maximum Gasteiger partial charge on any atom is 0.433 e. The van der Waals surface area contributed by atoms with Crippen LogP contribution in [0.15, 0.2) is 24.8 Å². The molecule has 0 aromatic carbocycles. The van der Waals surface area contributed by atoms with Crippen molar-refractivity contribution in [2.75, 3.05) is 11.9 Å². The third kappa shape index (κ3) is 2.58. The maximum absolute atomic E-state index is 12.7. The minimum absolute atomic E-state index is 0.0592. The van der Waals surface area contributed by atoms with Gasteiger partial charge >= 0.3 is 6.18 Å². The van der Waals surface area contributed by atoms with Gasteiger partial charge in [0.05, 0.1) is 0 Å². The van der Waals surface area contributed by atoms with Crippen molar-refractivity contribution in [3.8, 4) is 5.82 Å². The number of hydrogen-bond acceptors (Lipinski definition) is 4. The van der Waals surface area contributed by atoms with Gasteiger partial charge in [0.15, 0.2) is 5.69 Å². The smallest absolute Gasteiger partial charge is 0.354 e. The van der Waals surface area contributed by atoms with Gasteiger partial charge in [0.2, 0.25) is 5.95 Å². The Kier molecular flexibility index (Phi) is 3.17. The fourth-order valence-electron chi connectivity index (χ4n) is 1.34. The van der Waals surface area contributed by atoms with E-state index in [0.717, 1.165) is 6.07 Å². The van der Waals surface area contributed by atoms with Crippen LogP contribution in [0.1, 0.15) is 12.6 Å². The van der Waals surface area contributed by atoms with Crippen molar-refractivity contribution in [1.82, 2.24) is 19.5 Å². The quantitative estimate of drug-likeness (QED) is 0.915. The molecule has 8 heteroatoms. The molecule has 0 fully saturated rings. The number of imidazole rings is 1. The fraction of sp³-hybridized carbons (Fsp3) is 0.300. The average molecular weight is 257 g/mol. The zero-order chi connectivity index (χ0) is 13.2. The Morgan fingerprint density at radius 3 is 2.67 bits per heavy atom. The molecule has 0 atom stereocenters. The summed E-state index contributed by atoms with van der Waals surface area (Å²) < 4.78 is 39.4. The molecule has 0 unspecified atom stereocenters. The third-order valence-electron chi connectivity index (χ3n) is 2.11. The number of nitrogens with zero attached hydrogens (tertiary/aromatic N) is 4. The molecule has 2 heterocycles. The summed E-state index contributed by atoms with van der Waals surface area (Å²) in [5.74, 6) is 0.0572. The minimum atomic E-state index is -4.51. The van der Waals surface area contributed by atoms with Crippen LogP contribution in [0.25, 0.3) is 5.82 Å². The van der Waals surface area contributed by atoms with Crippen molar-refractivity contribution in [3.63, 3.8) is 0 Å². The van der Waals surface area contributed by atoms with Gasteiger partial charge < -0.3 is 5.32 Å². The molecule has 0 amide bonds. The highest BCUT2D eigenvalue weighted by Gasteiger charge is 2.33. The van der Waals surface area contributed by atoms with Crippen LogP contribution in [0, 0.1) is 0 Å². The van der Waals surface area contributed by atoms with Gasteiger partial charge in [-0.2, -0.15) is 18.2 Å². The molecule has 0 aliphatic carbocycles. The molecular formula is C10H10F3N5. The molecule has 96 valence electrons. The summed E-state index contributed by atoms with van der Waals surface area (Å²) in [5, 5.41) is 2.67. The van der Waals surface area contributed by atoms with E-state index in [9.17, 15) is 13.2 Å². The lowest BCUT2D eigenvalue weighted by Crippen LogP contribution is -2.13. The van der Waals surface area contributed by atoms with Gasteiger partial charge in [-0.25, -0.2) is 9.97 Å². The Morgan fingerprint density at radius 1 is 1.33 bits per heavy atom. The average Bonchev–Trinajstić information content (AvgIpc) is 2.81. The summed E-state index contributed by atoms with van der Waals surface area (Å²) >= 11 is 0. The third-order valence-corrected chi connectivity index (χ3v) is 2.11. The van der Waals surface area contributed by atoms with E-state index in [4.69, 9.17) is 0 Å². The van der Waals surface area contributed by atoms with Crippen LogP contribution in [0.2, 0.25) is 0 Å². The first-order valence-corrected chi connectivity index (χ1v) is 5.19. The molecular weight excluding hydrogens is 247 g/mol. The van der Waals surface area contributed by atoms with Crippen LogP contribution in [0.5, 0.6) is 0 Å². The van der Waals surface area contributed by atoms with Gasteiger partial charge in [0.1, 0.15) is 12.1 Å². The molecule has 0 bridgehead atoms. The van der Waals surface area contributed by atoms with E-state index in [1.807, 2.05) is 0 Å². The van der Waals surface area contributed by atoms with Crippen LogP contribution in [-0.2, 0) is 6.18 Å². The number of rotatable bonds is 3. The molecule has 0 saturated heterocycles. The molecule has 0 aliphatic heterocycles. The Balaban J connectivity index is 2.50. The van der Waals surface area contributed by atoms with E-state index in [1.54, 1.807) is 6.92 Å². The lowest BCUT2D eigenvalue weighted by Gasteiger charge is -2.11. The van der Waals surface area contributed by atoms with Crippen molar-refractivity contribution in [2.24, 2.45) is 0 Å². The molecule has 18 heavy (non-hydrogen) atoms. The van der Waals surface area contributed by atoms with E-state index in [0.29, 0.717) is 6.54 Å². The monoisotopic (exact) mass is 257 g/mol. The summed E-state index contributed by atoms with van der Waals surface area (Å²) in [6.07, 6.45) is -0.166. The van der Waals surface area contributed by atoms with Crippen LogP contribution in [0.4, 0.5) is 19.1 Å². The van der Waals surface area contributed by atoms with Crippen LogP contribution in [0.3, 0.4) is 0 Å². The van der Waals surface area contributed by atoms with Crippen LogP contribution >= 0.6 is 0 Å². The van der Waals surface area contributed by atoms with Crippen LogP contribution in [-0.4, -0.2) is 26.1 Å². The summed E-state index contributed by atoms with van der Waals surface area (Å²) in [6.45, 7) is 2.19. The second-order valence-corrected chi connectivity index (χ2v) is 3.43. The second kappa shape index (κ2) is 4.63. The Labute approximate surface area is 101 Å². The van der Waals surface area contributed by atoms with E-state index in [-0.39, 0.29) is 11.8 Å². The predicted octanol–water partition coefficient (Wildman–Crippen LogP) is 2.11. The highest BCUT2D eigenvalue weighted by Crippen LogP contribution is 2.29. The summed E-state index contributed by atoms with van der Waals surface area (Å²) in [5.41, 5.74) is -0.989. The first-order valence-electron chi connectivity index (χ1n) is 5.19. The van der Waals surface area contributed by atoms with Crippen molar-refractivity contribution < 1.29 is 13.2 Å². The van der Waals surface area contributed by atoms with Gasteiger partial charge in [0.25, 0.3) is 0 Å². The van der Waals surface area contributed by atoms with Gasteiger partial charge in [-0.1, -0.05) is 0 Å². The molecule has 1 N–H and O–H groups in total. The van der Waals surface area contributed by atoms with Crippen molar-refractivity contribution >= 4 is 5.95 Å². The van der Waals surface area contributed by atoms with Crippen LogP contribution < -0.4 is 5.32 Å². The normalized spacial score (nSPS) is 11.6. The largest absolute Gasteiger partial charge is 0.433 e. The molecule has 5 nitrogen and oxygen atoms in total. The Hall–Kier alpha value is -2.12. The molecule has 0 aliphatic rings. The maximum atomic E-state index is 12.7. The fourth-order valence-corrected chi connectivity index (χ4v) is 1.34. The second-order valence-electron chi connectivity index (χ2n) is 3.43. The van der Waals surface area contributed by atoms with Gasteiger partial charge in [-0.05, 0) is 6.92 Å². The number of halogens is 3. The first kappa shape index (κ1) is 12.3. The van der Waals surface area contributed by atoms with Crippen molar-refractivity contribution in [3.05, 3.63) is 30.5 Å². The van der Waals surface area contributed by atoms with Crippen molar-refractivity contribution in [2.45, 2.75) is 13.1 Å². The number of hydrogen-bond donors (Lipinski definition) is 1. The topological polar surface area (TPSA) is 55.6 Å². The molecule has 2 rings (SSSR count). The Morgan fingerprint density at radius 2 is 2.11 bits per heavy atom. The molecule has 2 aromatic rings. The molecule has 0 saturated carbocycles. The SMILES string of the molecule is CCNc1nc(-n2ccnc2)cc(C(F)(F)F)n1. The predicted molar refractivity (Wildman–Crippen MR) is 58.3 cm³/mol. The van der Waals surface area contributed by atoms with E-state index >= 15 is 0 Å². The summed E-state index contributed by atoms with van der Waals surface area (Å²) in [7, 11) is 0. The first-order chi connectivity index (χ1) is 8.50.